The molecule has 0 bridgehead atoms. The zero-order valence-corrected chi connectivity index (χ0v) is 9.82. The third-order valence-electron chi connectivity index (χ3n) is 2.09. The third kappa shape index (κ3) is 3.71. The Morgan fingerprint density at radius 1 is 1.47 bits per heavy atom. The summed E-state index contributed by atoms with van der Waals surface area (Å²) in [6, 6.07) is 4.30. The van der Waals surface area contributed by atoms with Crippen molar-refractivity contribution in [2.45, 2.75) is 13.8 Å². The summed E-state index contributed by atoms with van der Waals surface area (Å²) in [6.07, 6.45) is 0. The standard InChI is InChI=1S/C12H14N2O3/c1-8(2)7-13-12(15)10-4-9(3)5-11(6-10)14(16)17/h4-6H,1,7H2,2-3H3,(H,13,15). The molecule has 0 saturated carbocycles. The Bertz CT molecular complexity index is 481. The van der Waals surface area contributed by atoms with E-state index >= 15 is 0 Å². The van der Waals surface area contributed by atoms with Crippen molar-refractivity contribution in [1.82, 2.24) is 5.32 Å². The number of hydrogen-bond donors (Lipinski definition) is 1. The summed E-state index contributed by atoms with van der Waals surface area (Å²) in [4.78, 5) is 21.8. The predicted octanol–water partition coefficient (Wildman–Crippen LogP) is 2.21. The van der Waals surface area contributed by atoms with Crippen LogP contribution < -0.4 is 5.32 Å². The maximum absolute atomic E-state index is 11.7. The molecule has 0 aliphatic heterocycles. The first-order valence-electron chi connectivity index (χ1n) is 5.09. The van der Waals surface area contributed by atoms with E-state index in [0.29, 0.717) is 12.1 Å². The number of aryl methyl sites for hydroxylation is 1. The lowest BCUT2D eigenvalue weighted by Crippen LogP contribution is -2.24. The zero-order valence-electron chi connectivity index (χ0n) is 9.82. The van der Waals surface area contributed by atoms with Gasteiger partial charge in [-0.3, -0.25) is 14.9 Å². The molecule has 0 unspecified atom stereocenters. The second-order valence-electron chi connectivity index (χ2n) is 3.95. The molecule has 1 aromatic rings. The van der Waals surface area contributed by atoms with Gasteiger partial charge in [0.05, 0.1) is 4.92 Å². The van der Waals surface area contributed by atoms with Gasteiger partial charge in [-0.05, 0) is 25.5 Å². The van der Waals surface area contributed by atoms with E-state index in [2.05, 4.69) is 11.9 Å². The van der Waals surface area contributed by atoms with E-state index in [4.69, 9.17) is 0 Å². The normalized spacial score (nSPS) is 9.76. The minimum Gasteiger partial charge on any atom is -0.348 e. The van der Waals surface area contributed by atoms with Crippen LogP contribution in [0.2, 0.25) is 0 Å². The molecule has 0 aliphatic rings. The number of non-ortho nitro benzene ring substituents is 1. The Morgan fingerprint density at radius 2 is 2.12 bits per heavy atom. The molecule has 0 aliphatic carbocycles. The summed E-state index contributed by atoms with van der Waals surface area (Å²) in [5, 5.41) is 13.3. The molecular formula is C12H14N2O3. The molecule has 1 rings (SSSR count). The van der Waals surface area contributed by atoms with Crippen molar-refractivity contribution in [3.63, 3.8) is 0 Å². The molecule has 5 nitrogen and oxygen atoms in total. The highest BCUT2D eigenvalue weighted by molar-refractivity contribution is 5.95. The van der Waals surface area contributed by atoms with Gasteiger partial charge in [0.2, 0.25) is 0 Å². The van der Waals surface area contributed by atoms with Gasteiger partial charge in [0, 0.05) is 24.2 Å². The molecule has 0 heterocycles. The first kappa shape index (κ1) is 12.9. The monoisotopic (exact) mass is 234 g/mol. The van der Waals surface area contributed by atoms with Gasteiger partial charge in [-0.1, -0.05) is 12.2 Å². The van der Waals surface area contributed by atoms with Gasteiger partial charge >= 0.3 is 0 Å². The summed E-state index contributed by atoms with van der Waals surface area (Å²) in [7, 11) is 0. The third-order valence-corrected chi connectivity index (χ3v) is 2.09. The minimum absolute atomic E-state index is 0.0783. The van der Waals surface area contributed by atoms with Crippen LogP contribution in [0.5, 0.6) is 0 Å². The summed E-state index contributed by atoms with van der Waals surface area (Å²) in [6.45, 7) is 7.52. The fourth-order valence-electron chi connectivity index (χ4n) is 1.33. The Labute approximate surface area is 99.3 Å². The van der Waals surface area contributed by atoms with Crippen LogP contribution >= 0.6 is 0 Å². The van der Waals surface area contributed by atoms with Gasteiger partial charge in [0.15, 0.2) is 0 Å². The molecule has 1 N–H and O–H groups in total. The lowest BCUT2D eigenvalue weighted by molar-refractivity contribution is -0.384. The topological polar surface area (TPSA) is 72.2 Å². The van der Waals surface area contributed by atoms with Gasteiger partial charge in [0.1, 0.15) is 0 Å². The zero-order chi connectivity index (χ0) is 13.0. The Hall–Kier alpha value is -2.17. The number of carbonyl (C=O) groups excluding carboxylic acids is 1. The Morgan fingerprint density at radius 3 is 2.65 bits per heavy atom. The molecule has 5 heteroatoms. The van der Waals surface area contributed by atoms with Crippen LogP contribution in [0.15, 0.2) is 30.4 Å². The van der Waals surface area contributed by atoms with Crippen LogP contribution in [-0.2, 0) is 0 Å². The maximum atomic E-state index is 11.7. The van der Waals surface area contributed by atoms with Crippen molar-refractivity contribution in [2.75, 3.05) is 6.54 Å². The number of benzene rings is 1. The van der Waals surface area contributed by atoms with Gasteiger partial charge in [-0.25, -0.2) is 0 Å². The number of carbonyl (C=O) groups is 1. The summed E-state index contributed by atoms with van der Waals surface area (Å²) >= 11 is 0. The van der Waals surface area contributed by atoms with Crippen molar-refractivity contribution in [3.05, 3.63) is 51.6 Å². The number of nitro benzene ring substituents is 1. The second-order valence-corrected chi connectivity index (χ2v) is 3.95. The molecule has 0 saturated heterocycles. The van der Waals surface area contributed by atoms with Crippen LogP contribution in [0.3, 0.4) is 0 Å². The van der Waals surface area contributed by atoms with Gasteiger partial charge in [-0.15, -0.1) is 0 Å². The van der Waals surface area contributed by atoms with Gasteiger partial charge in [0.25, 0.3) is 11.6 Å². The average Bonchev–Trinajstić information content (AvgIpc) is 2.24. The fourth-order valence-corrected chi connectivity index (χ4v) is 1.33. The smallest absolute Gasteiger partial charge is 0.270 e. The largest absolute Gasteiger partial charge is 0.348 e. The molecule has 1 aromatic carbocycles. The quantitative estimate of drug-likeness (QED) is 0.493. The van der Waals surface area contributed by atoms with Gasteiger partial charge in [-0.2, -0.15) is 0 Å². The molecule has 0 atom stereocenters. The van der Waals surface area contributed by atoms with E-state index in [-0.39, 0.29) is 17.2 Å². The molecule has 0 fully saturated rings. The van der Waals surface area contributed by atoms with E-state index in [9.17, 15) is 14.9 Å². The van der Waals surface area contributed by atoms with Crippen molar-refractivity contribution in [2.24, 2.45) is 0 Å². The van der Waals surface area contributed by atoms with Crippen LogP contribution in [0.4, 0.5) is 5.69 Å². The highest BCUT2D eigenvalue weighted by atomic mass is 16.6. The minimum atomic E-state index is -0.511. The summed E-state index contributed by atoms with van der Waals surface area (Å²) in [5.41, 5.74) is 1.71. The van der Waals surface area contributed by atoms with Gasteiger partial charge < -0.3 is 5.32 Å². The predicted molar refractivity (Wildman–Crippen MR) is 65.0 cm³/mol. The molecular weight excluding hydrogens is 220 g/mol. The molecule has 0 spiro atoms. The first-order chi connectivity index (χ1) is 7.90. The van der Waals surface area contributed by atoms with Crippen LogP contribution in [0, 0.1) is 17.0 Å². The number of amides is 1. The van der Waals surface area contributed by atoms with E-state index in [1.54, 1.807) is 19.9 Å². The lowest BCUT2D eigenvalue weighted by Gasteiger charge is -2.05. The average molecular weight is 234 g/mol. The molecule has 1 amide bonds. The highest BCUT2D eigenvalue weighted by Gasteiger charge is 2.12. The van der Waals surface area contributed by atoms with Crippen molar-refractivity contribution in [1.29, 1.82) is 0 Å². The first-order valence-corrected chi connectivity index (χ1v) is 5.09. The maximum Gasteiger partial charge on any atom is 0.270 e. The van der Waals surface area contributed by atoms with E-state index < -0.39 is 4.92 Å². The van der Waals surface area contributed by atoms with E-state index in [0.717, 1.165) is 5.57 Å². The molecule has 0 aromatic heterocycles. The lowest BCUT2D eigenvalue weighted by atomic mass is 10.1. The number of nitrogens with one attached hydrogen (secondary N) is 1. The number of nitro groups is 1. The van der Waals surface area contributed by atoms with Crippen molar-refractivity contribution >= 4 is 11.6 Å². The van der Waals surface area contributed by atoms with E-state index in [1.165, 1.54) is 12.1 Å². The number of nitrogens with zero attached hydrogens (tertiary/aromatic N) is 1. The Balaban J connectivity index is 2.93. The summed E-state index contributed by atoms with van der Waals surface area (Å²) in [5.74, 6) is -0.334. The Kier molecular flexibility index (Phi) is 3.98. The summed E-state index contributed by atoms with van der Waals surface area (Å²) < 4.78 is 0. The fraction of sp³-hybridized carbons (Fsp3) is 0.250. The second kappa shape index (κ2) is 5.25. The van der Waals surface area contributed by atoms with Crippen molar-refractivity contribution in [3.8, 4) is 0 Å². The number of hydrogen-bond acceptors (Lipinski definition) is 3. The molecule has 90 valence electrons. The van der Waals surface area contributed by atoms with Crippen LogP contribution in [-0.4, -0.2) is 17.4 Å². The molecule has 0 radical (unpaired) electrons. The van der Waals surface area contributed by atoms with E-state index in [1.807, 2.05) is 0 Å². The highest BCUT2D eigenvalue weighted by Crippen LogP contribution is 2.16. The SMILES string of the molecule is C=C(C)CNC(=O)c1cc(C)cc([N+](=O)[O-])c1. The van der Waals surface area contributed by atoms with Crippen LogP contribution in [0.1, 0.15) is 22.8 Å². The van der Waals surface area contributed by atoms with Crippen molar-refractivity contribution < 1.29 is 9.72 Å². The number of rotatable bonds is 4. The molecule has 17 heavy (non-hydrogen) atoms. The van der Waals surface area contributed by atoms with Crippen LogP contribution in [0.25, 0.3) is 0 Å².